The lowest BCUT2D eigenvalue weighted by Crippen LogP contribution is -2.29. The predicted molar refractivity (Wildman–Crippen MR) is 77.2 cm³/mol. The molecule has 0 spiro atoms. The van der Waals surface area contributed by atoms with Gasteiger partial charge in [0, 0.05) is 11.3 Å². The first-order valence-electron chi connectivity index (χ1n) is 5.25. The third-order valence-corrected chi connectivity index (χ3v) is 4.52. The number of hydrogen-bond acceptors (Lipinski definition) is 3. The highest BCUT2D eigenvalue weighted by molar-refractivity contribution is 9.11. The average molecular weight is 350 g/mol. The van der Waals surface area contributed by atoms with Gasteiger partial charge in [-0.1, -0.05) is 17.7 Å². The summed E-state index contributed by atoms with van der Waals surface area (Å²) in [7, 11) is 0. The molecule has 1 atom stereocenters. The van der Waals surface area contributed by atoms with E-state index in [0.29, 0.717) is 0 Å². The van der Waals surface area contributed by atoms with Crippen molar-refractivity contribution in [2.24, 2.45) is 5.84 Å². The minimum Gasteiger partial charge on any atom is -0.271 e. The Balaban J connectivity index is 2.19. The molecule has 1 aromatic heterocycles. The van der Waals surface area contributed by atoms with Gasteiger partial charge >= 0.3 is 0 Å². The molecule has 96 valence electrons. The van der Waals surface area contributed by atoms with Gasteiger partial charge < -0.3 is 0 Å². The quantitative estimate of drug-likeness (QED) is 0.645. The van der Waals surface area contributed by atoms with Gasteiger partial charge in [0.2, 0.25) is 0 Å². The number of rotatable bonds is 4. The highest BCUT2D eigenvalue weighted by Gasteiger charge is 2.13. The Labute approximate surface area is 122 Å². The maximum absolute atomic E-state index is 13.1. The number of benzene rings is 1. The van der Waals surface area contributed by atoms with Crippen LogP contribution < -0.4 is 11.3 Å². The van der Waals surface area contributed by atoms with Gasteiger partial charge in [-0.2, -0.15) is 0 Å². The molecule has 2 nitrogen and oxygen atoms in total. The van der Waals surface area contributed by atoms with E-state index >= 15 is 0 Å². The molecule has 0 bridgehead atoms. The van der Waals surface area contributed by atoms with Crippen molar-refractivity contribution in [1.82, 2.24) is 5.43 Å². The average Bonchev–Trinajstić information content (AvgIpc) is 2.75. The number of nitrogens with two attached hydrogens (primary N) is 1. The van der Waals surface area contributed by atoms with Crippen LogP contribution in [0.25, 0.3) is 0 Å². The summed E-state index contributed by atoms with van der Waals surface area (Å²) in [6.07, 6.45) is 0.731. The van der Waals surface area contributed by atoms with E-state index < -0.39 is 5.82 Å². The first kappa shape index (κ1) is 14.0. The lowest BCUT2D eigenvalue weighted by Gasteiger charge is -2.15. The van der Waals surface area contributed by atoms with Gasteiger partial charge in [-0.05, 0) is 45.8 Å². The molecule has 0 radical (unpaired) electrons. The Morgan fingerprint density at radius 1 is 1.39 bits per heavy atom. The van der Waals surface area contributed by atoms with Crippen LogP contribution in [-0.4, -0.2) is 0 Å². The van der Waals surface area contributed by atoms with Crippen LogP contribution in [0.2, 0.25) is 5.02 Å². The molecule has 0 saturated carbocycles. The molecule has 1 aromatic carbocycles. The molecule has 0 aliphatic carbocycles. The van der Waals surface area contributed by atoms with Crippen molar-refractivity contribution in [2.75, 3.05) is 0 Å². The Morgan fingerprint density at radius 2 is 2.17 bits per heavy atom. The van der Waals surface area contributed by atoms with Crippen LogP contribution in [0.5, 0.6) is 0 Å². The summed E-state index contributed by atoms with van der Waals surface area (Å²) >= 11 is 10.8. The SMILES string of the molecule is NNC(Cc1ccc(Br)s1)c1ccc(F)c(Cl)c1. The van der Waals surface area contributed by atoms with Crippen LogP contribution >= 0.6 is 38.9 Å². The monoisotopic (exact) mass is 348 g/mol. The highest BCUT2D eigenvalue weighted by atomic mass is 79.9. The van der Waals surface area contributed by atoms with Gasteiger partial charge in [-0.15, -0.1) is 11.3 Å². The molecule has 1 unspecified atom stereocenters. The Bertz CT molecular complexity index is 547. The number of halogens is 3. The van der Waals surface area contributed by atoms with Crippen molar-refractivity contribution in [2.45, 2.75) is 12.5 Å². The van der Waals surface area contributed by atoms with E-state index in [2.05, 4.69) is 21.4 Å². The largest absolute Gasteiger partial charge is 0.271 e. The number of thiophene rings is 1. The summed E-state index contributed by atoms with van der Waals surface area (Å²) in [6, 6.07) is 8.58. The highest BCUT2D eigenvalue weighted by Crippen LogP contribution is 2.28. The summed E-state index contributed by atoms with van der Waals surface area (Å²) < 4.78 is 14.2. The topological polar surface area (TPSA) is 38.0 Å². The molecule has 18 heavy (non-hydrogen) atoms. The normalized spacial score (nSPS) is 12.7. The lowest BCUT2D eigenvalue weighted by atomic mass is 10.0. The Morgan fingerprint density at radius 3 is 2.72 bits per heavy atom. The van der Waals surface area contributed by atoms with E-state index in [1.807, 2.05) is 12.1 Å². The van der Waals surface area contributed by atoms with E-state index in [1.54, 1.807) is 23.5 Å². The smallest absolute Gasteiger partial charge is 0.141 e. The van der Waals surface area contributed by atoms with Gasteiger partial charge in [-0.3, -0.25) is 11.3 Å². The van der Waals surface area contributed by atoms with Crippen LogP contribution in [-0.2, 0) is 6.42 Å². The third-order valence-electron chi connectivity index (χ3n) is 2.58. The molecule has 0 aliphatic rings. The number of hydrogen-bond donors (Lipinski definition) is 2. The van der Waals surface area contributed by atoms with E-state index in [1.165, 1.54) is 10.9 Å². The molecule has 3 N–H and O–H groups in total. The molecule has 6 heteroatoms. The zero-order chi connectivity index (χ0) is 13.1. The van der Waals surface area contributed by atoms with Crippen LogP contribution in [0.15, 0.2) is 34.1 Å². The number of nitrogens with one attached hydrogen (secondary N) is 1. The van der Waals surface area contributed by atoms with Crippen molar-refractivity contribution < 1.29 is 4.39 Å². The van der Waals surface area contributed by atoms with Gasteiger partial charge in [0.25, 0.3) is 0 Å². The standard InChI is InChI=1S/C12H11BrClFN2S/c13-12-4-2-8(18-12)6-11(17-16)7-1-3-10(15)9(14)5-7/h1-5,11,17H,6,16H2. The molecule has 0 fully saturated rings. The van der Waals surface area contributed by atoms with Crippen LogP contribution in [0.4, 0.5) is 4.39 Å². The molecular formula is C12H11BrClFN2S. The summed E-state index contributed by atoms with van der Waals surface area (Å²) in [6.45, 7) is 0. The van der Waals surface area contributed by atoms with Crippen molar-refractivity contribution >= 4 is 38.9 Å². The van der Waals surface area contributed by atoms with Crippen molar-refractivity contribution in [1.29, 1.82) is 0 Å². The van der Waals surface area contributed by atoms with Crippen LogP contribution in [0.1, 0.15) is 16.5 Å². The fourth-order valence-electron chi connectivity index (χ4n) is 1.66. The number of hydrazine groups is 1. The first-order valence-corrected chi connectivity index (χ1v) is 7.24. The first-order chi connectivity index (χ1) is 8.60. The summed E-state index contributed by atoms with van der Waals surface area (Å²) in [5.74, 6) is 5.13. The van der Waals surface area contributed by atoms with Gasteiger partial charge in [0.1, 0.15) is 5.82 Å². The molecular weight excluding hydrogens is 339 g/mol. The second-order valence-corrected chi connectivity index (χ2v) is 6.76. The molecule has 2 rings (SSSR count). The van der Waals surface area contributed by atoms with Crippen molar-refractivity contribution in [3.05, 3.63) is 55.4 Å². The third kappa shape index (κ3) is 3.30. The zero-order valence-corrected chi connectivity index (χ0v) is 12.4. The maximum atomic E-state index is 13.1. The minimum atomic E-state index is -0.421. The van der Waals surface area contributed by atoms with Crippen molar-refractivity contribution in [3.8, 4) is 0 Å². The zero-order valence-electron chi connectivity index (χ0n) is 9.29. The Kier molecular flexibility index (Phi) is 4.75. The van der Waals surface area contributed by atoms with Crippen LogP contribution in [0, 0.1) is 5.82 Å². The molecule has 1 heterocycles. The molecule has 0 saturated heterocycles. The van der Waals surface area contributed by atoms with Gasteiger partial charge in [-0.25, -0.2) is 4.39 Å². The van der Waals surface area contributed by atoms with Gasteiger partial charge in [0.05, 0.1) is 14.9 Å². The van der Waals surface area contributed by atoms with E-state index in [0.717, 1.165) is 15.8 Å². The summed E-state index contributed by atoms with van der Waals surface area (Å²) in [5.41, 5.74) is 3.60. The molecule has 0 aliphatic heterocycles. The van der Waals surface area contributed by atoms with Crippen molar-refractivity contribution in [3.63, 3.8) is 0 Å². The summed E-state index contributed by atoms with van der Waals surface area (Å²) in [4.78, 5) is 1.19. The van der Waals surface area contributed by atoms with E-state index in [-0.39, 0.29) is 11.1 Å². The Hall–Kier alpha value is -0.460. The second kappa shape index (κ2) is 6.12. The molecule has 2 aromatic rings. The fraction of sp³-hybridized carbons (Fsp3) is 0.167. The second-order valence-electron chi connectivity index (χ2n) is 3.80. The van der Waals surface area contributed by atoms with Gasteiger partial charge in [0.15, 0.2) is 0 Å². The lowest BCUT2D eigenvalue weighted by molar-refractivity contribution is 0.553. The maximum Gasteiger partial charge on any atom is 0.141 e. The predicted octanol–water partition coefficient (Wildman–Crippen LogP) is 4.05. The summed E-state index contributed by atoms with van der Waals surface area (Å²) in [5, 5.41) is 0.111. The molecule has 0 amide bonds. The van der Waals surface area contributed by atoms with Crippen LogP contribution in [0.3, 0.4) is 0 Å². The van der Waals surface area contributed by atoms with E-state index in [9.17, 15) is 4.39 Å². The van der Waals surface area contributed by atoms with E-state index in [4.69, 9.17) is 17.4 Å². The minimum absolute atomic E-state index is 0.0892. The fourth-order valence-corrected chi connectivity index (χ4v) is 3.38.